The van der Waals surface area contributed by atoms with Crippen molar-refractivity contribution in [3.8, 4) is 5.75 Å². The van der Waals surface area contributed by atoms with Crippen LogP contribution in [-0.4, -0.2) is 36.0 Å². The number of ether oxygens (including phenoxy) is 1. The zero-order valence-corrected chi connectivity index (χ0v) is 15.9. The molecule has 0 unspecified atom stereocenters. The molecule has 4 heteroatoms. The lowest BCUT2D eigenvalue weighted by Crippen LogP contribution is -2.56. The Kier molecular flexibility index (Phi) is 5.44. The van der Waals surface area contributed by atoms with Gasteiger partial charge >= 0.3 is 0 Å². The number of nitrogens with zero attached hydrogens (tertiary/aromatic N) is 1. The van der Waals surface area contributed by atoms with Crippen LogP contribution in [0, 0.1) is 0 Å². The van der Waals surface area contributed by atoms with Crippen molar-refractivity contribution in [3.05, 3.63) is 65.7 Å². The van der Waals surface area contributed by atoms with Crippen molar-refractivity contribution in [2.24, 2.45) is 0 Å². The lowest BCUT2D eigenvalue weighted by atomic mass is 9.81. The smallest absolute Gasteiger partial charge is 0.255 e. The summed E-state index contributed by atoms with van der Waals surface area (Å²) >= 11 is 0. The fraction of sp³-hybridized carbons (Fsp3) is 0.435. The molecule has 0 spiro atoms. The largest absolute Gasteiger partial charge is 0.496 e. The standard InChI is InChI=1S/C23H28N2O2/c1-27-22-13-6-5-12-21(22)23(26)24-18-14-19-10-7-11-20(15-18)25(19)16-17-8-3-2-4-9-17/h2-6,8-9,12-13,18-20H,7,10-11,14-16H2,1H3,(H,24,26)/t19-,20-/m1/s1. The van der Waals surface area contributed by atoms with E-state index in [1.807, 2.05) is 24.3 Å². The molecule has 2 heterocycles. The van der Waals surface area contributed by atoms with E-state index in [0.717, 1.165) is 19.4 Å². The summed E-state index contributed by atoms with van der Waals surface area (Å²) in [5.74, 6) is 0.615. The number of piperidine rings is 2. The van der Waals surface area contributed by atoms with Crippen LogP contribution in [0.2, 0.25) is 0 Å². The van der Waals surface area contributed by atoms with Crippen LogP contribution in [0.25, 0.3) is 0 Å². The van der Waals surface area contributed by atoms with Crippen LogP contribution in [0.5, 0.6) is 5.75 Å². The van der Waals surface area contributed by atoms with Gasteiger partial charge in [-0.1, -0.05) is 48.9 Å². The fourth-order valence-corrected chi connectivity index (χ4v) is 4.74. The average molecular weight is 364 g/mol. The van der Waals surface area contributed by atoms with E-state index in [9.17, 15) is 4.79 Å². The predicted molar refractivity (Wildman–Crippen MR) is 107 cm³/mol. The first-order valence-corrected chi connectivity index (χ1v) is 9.98. The van der Waals surface area contributed by atoms with E-state index in [1.165, 1.54) is 24.8 Å². The van der Waals surface area contributed by atoms with E-state index in [4.69, 9.17) is 4.74 Å². The maximum atomic E-state index is 12.8. The van der Waals surface area contributed by atoms with E-state index < -0.39 is 0 Å². The predicted octanol–water partition coefficient (Wildman–Crippen LogP) is 4.01. The Morgan fingerprint density at radius 3 is 2.41 bits per heavy atom. The third kappa shape index (κ3) is 4.01. The second kappa shape index (κ2) is 8.13. The van der Waals surface area contributed by atoms with Crippen LogP contribution in [0.4, 0.5) is 0 Å². The molecule has 27 heavy (non-hydrogen) atoms. The molecule has 0 radical (unpaired) electrons. The van der Waals surface area contributed by atoms with Crippen molar-refractivity contribution < 1.29 is 9.53 Å². The summed E-state index contributed by atoms with van der Waals surface area (Å²) in [7, 11) is 1.61. The highest BCUT2D eigenvalue weighted by molar-refractivity contribution is 5.97. The van der Waals surface area contributed by atoms with Crippen LogP contribution in [-0.2, 0) is 6.54 Å². The third-order valence-corrected chi connectivity index (χ3v) is 6.02. The lowest BCUT2D eigenvalue weighted by molar-refractivity contribution is 0.0177. The summed E-state index contributed by atoms with van der Waals surface area (Å²) in [5, 5.41) is 3.28. The van der Waals surface area contributed by atoms with Gasteiger partial charge in [-0.3, -0.25) is 9.69 Å². The van der Waals surface area contributed by atoms with Gasteiger partial charge in [0.1, 0.15) is 5.75 Å². The number of benzene rings is 2. The van der Waals surface area contributed by atoms with E-state index in [-0.39, 0.29) is 11.9 Å². The maximum Gasteiger partial charge on any atom is 0.255 e. The van der Waals surface area contributed by atoms with Crippen LogP contribution in [0.1, 0.15) is 48.0 Å². The van der Waals surface area contributed by atoms with Gasteiger partial charge < -0.3 is 10.1 Å². The van der Waals surface area contributed by atoms with E-state index in [0.29, 0.717) is 23.4 Å². The van der Waals surface area contributed by atoms with E-state index in [2.05, 4.69) is 40.5 Å². The zero-order chi connectivity index (χ0) is 18.6. The van der Waals surface area contributed by atoms with E-state index in [1.54, 1.807) is 7.11 Å². The number of carbonyl (C=O) groups is 1. The van der Waals surface area contributed by atoms with Gasteiger partial charge in [-0.25, -0.2) is 0 Å². The van der Waals surface area contributed by atoms with Gasteiger partial charge in [0.25, 0.3) is 5.91 Å². The van der Waals surface area contributed by atoms with Crippen LogP contribution < -0.4 is 10.1 Å². The van der Waals surface area contributed by atoms with Crippen molar-refractivity contribution >= 4 is 5.91 Å². The number of amides is 1. The molecule has 0 aromatic heterocycles. The Morgan fingerprint density at radius 2 is 1.70 bits per heavy atom. The molecule has 2 aliphatic heterocycles. The number of hydrogen-bond donors (Lipinski definition) is 1. The third-order valence-electron chi connectivity index (χ3n) is 6.02. The summed E-state index contributed by atoms with van der Waals surface area (Å²) in [6.07, 6.45) is 5.82. The van der Waals surface area contributed by atoms with Crippen molar-refractivity contribution in [2.75, 3.05) is 7.11 Å². The molecule has 2 aromatic carbocycles. The van der Waals surface area contributed by atoms with Gasteiger partial charge in [0.05, 0.1) is 12.7 Å². The Bertz CT molecular complexity index is 763. The highest BCUT2D eigenvalue weighted by Gasteiger charge is 2.38. The molecule has 0 saturated carbocycles. The van der Waals surface area contributed by atoms with Gasteiger partial charge in [-0.2, -0.15) is 0 Å². The van der Waals surface area contributed by atoms with Gasteiger partial charge in [0.15, 0.2) is 0 Å². The topological polar surface area (TPSA) is 41.6 Å². The first-order valence-electron chi connectivity index (χ1n) is 9.98. The molecule has 0 aliphatic carbocycles. The molecule has 2 atom stereocenters. The minimum absolute atomic E-state index is 0.0213. The normalized spacial score (nSPS) is 25.0. The summed E-state index contributed by atoms with van der Waals surface area (Å²) in [5.41, 5.74) is 2.00. The van der Waals surface area contributed by atoms with Gasteiger partial charge in [0, 0.05) is 24.7 Å². The minimum Gasteiger partial charge on any atom is -0.496 e. The first kappa shape index (κ1) is 18.1. The zero-order valence-electron chi connectivity index (χ0n) is 15.9. The molecule has 4 nitrogen and oxygen atoms in total. The highest BCUT2D eigenvalue weighted by Crippen LogP contribution is 2.35. The number of methoxy groups -OCH3 is 1. The molecule has 1 amide bonds. The molecule has 2 saturated heterocycles. The molecule has 1 N–H and O–H groups in total. The minimum atomic E-state index is -0.0213. The lowest BCUT2D eigenvalue weighted by Gasteiger charge is -2.49. The summed E-state index contributed by atoms with van der Waals surface area (Å²) in [6, 6.07) is 19.5. The number of nitrogens with one attached hydrogen (secondary N) is 1. The van der Waals surface area contributed by atoms with E-state index >= 15 is 0 Å². The number of rotatable bonds is 5. The molecular weight excluding hydrogens is 336 g/mol. The molecule has 2 aliphatic rings. The molecule has 2 aromatic rings. The van der Waals surface area contributed by atoms with Crippen LogP contribution >= 0.6 is 0 Å². The van der Waals surface area contributed by atoms with Crippen molar-refractivity contribution in [1.82, 2.24) is 10.2 Å². The van der Waals surface area contributed by atoms with Crippen LogP contribution in [0.3, 0.4) is 0 Å². The summed E-state index contributed by atoms with van der Waals surface area (Å²) in [4.78, 5) is 15.5. The fourth-order valence-electron chi connectivity index (χ4n) is 4.74. The Hall–Kier alpha value is -2.33. The second-order valence-electron chi connectivity index (χ2n) is 7.74. The molecule has 142 valence electrons. The summed E-state index contributed by atoms with van der Waals surface area (Å²) in [6.45, 7) is 1.02. The first-order chi connectivity index (χ1) is 13.2. The number of carbonyl (C=O) groups excluding carboxylic acids is 1. The Morgan fingerprint density at radius 1 is 1.04 bits per heavy atom. The van der Waals surface area contributed by atoms with Crippen molar-refractivity contribution in [1.29, 1.82) is 0 Å². The number of hydrogen-bond acceptors (Lipinski definition) is 3. The second-order valence-corrected chi connectivity index (χ2v) is 7.74. The number of para-hydroxylation sites is 1. The SMILES string of the molecule is COc1ccccc1C(=O)NC1C[C@H]2CCC[C@H](C1)N2Cc1ccccc1. The number of fused-ring (bicyclic) bond motifs is 2. The average Bonchev–Trinajstić information content (AvgIpc) is 2.69. The highest BCUT2D eigenvalue weighted by atomic mass is 16.5. The monoisotopic (exact) mass is 364 g/mol. The summed E-state index contributed by atoms with van der Waals surface area (Å²) < 4.78 is 5.34. The molecule has 2 bridgehead atoms. The van der Waals surface area contributed by atoms with Gasteiger partial charge in [-0.15, -0.1) is 0 Å². The molecule has 2 fully saturated rings. The molecular formula is C23H28N2O2. The van der Waals surface area contributed by atoms with Crippen molar-refractivity contribution in [3.63, 3.8) is 0 Å². The van der Waals surface area contributed by atoms with Gasteiger partial charge in [-0.05, 0) is 43.4 Å². The Labute approximate surface area is 161 Å². The quantitative estimate of drug-likeness (QED) is 0.872. The maximum absolute atomic E-state index is 12.8. The Balaban J connectivity index is 1.43. The van der Waals surface area contributed by atoms with Crippen molar-refractivity contribution in [2.45, 2.75) is 56.8 Å². The van der Waals surface area contributed by atoms with Gasteiger partial charge in [0.2, 0.25) is 0 Å². The van der Waals surface area contributed by atoms with Crippen LogP contribution in [0.15, 0.2) is 54.6 Å². The molecule has 4 rings (SSSR count).